The van der Waals surface area contributed by atoms with Crippen LogP contribution in [0.5, 0.6) is 0 Å². The molecule has 1 rings (SSSR count). The van der Waals surface area contributed by atoms with E-state index in [1.165, 1.54) is 0 Å². The molecular weight excluding hydrogens is 251 g/mol. The number of hydrogen-bond donors (Lipinski definition) is 2. The highest BCUT2D eigenvalue weighted by molar-refractivity contribution is 7.85. The van der Waals surface area contributed by atoms with Gasteiger partial charge in [-0.3, -0.25) is 0 Å². The second kappa shape index (κ2) is 4.45. The van der Waals surface area contributed by atoms with Gasteiger partial charge in [0.15, 0.2) is 6.04 Å². The van der Waals surface area contributed by atoms with Crippen LogP contribution in [-0.2, 0) is 14.4 Å². The molecule has 0 radical (unpaired) electrons. The molecule has 1 aliphatic heterocycles. The van der Waals surface area contributed by atoms with Gasteiger partial charge < -0.3 is 5.32 Å². The summed E-state index contributed by atoms with van der Waals surface area (Å²) in [7, 11) is -3.79. The van der Waals surface area contributed by atoms with Gasteiger partial charge in [-0.05, 0) is 6.42 Å². The fraction of sp³-hybridized carbons (Fsp3) is 0.833. The van der Waals surface area contributed by atoms with Crippen LogP contribution in [0.2, 0.25) is 0 Å². The average molecular weight is 261 g/mol. The third-order valence-corrected chi connectivity index (χ3v) is 2.05. The molecule has 0 saturated heterocycles. The number of nitrogens with zero attached hydrogens (tertiary/aromatic N) is 1. The molecule has 16 heavy (non-hydrogen) atoms. The summed E-state index contributed by atoms with van der Waals surface area (Å²) in [6.07, 6.45) is -3.89. The van der Waals surface area contributed by atoms with Gasteiger partial charge in [-0.25, -0.2) is 10.5 Å². The molecule has 0 bridgehead atoms. The number of hydroxylamine groups is 1. The zero-order valence-corrected chi connectivity index (χ0v) is 9.02. The third kappa shape index (κ3) is 4.23. The average Bonchev–Trinajstić information content (AvgIpc) is 2.13. The molecule has 0 saturated carbocycles. The van der Waals surface area contributed by atoms with Crippen LogP contribution < -0.4 is 10.8 Å². The van der Waals surface area contributed by atoms with Crippen LogP contribution >= 0.6 is 0 Å². The van der Waals surface area contributed by atoms with Gasteiger partial charge >= 0.3 is 6.18 Å². The summed E-state index contributed by atoms with van der Waals surface area (Å²) in [6.45, 7) is 0.0309. The van der Waals surface area contributed by atoms with Crippen LogP contribution in [0.3, 0.4) is 0 Å². The topological polar surface area (TPSA) is 79.8 Å². The second-order valence-electron chi connectivity index (χ2n) is 3.14. The van der Waals surface area contributed by atoms with Crippen molar-refractivity contribution < 1.29 is 25.9 Å². The van der Waals surface area contributed by atoms with Crippen molar-refractivity contribution in [3.05, 3.63) is 0 Å². The molecular formula is C6H10F3N3O3S. The van der Waals surface area contributed by atoms with E-state index in [9.17, 15) is 21.6 Å². The van der Waals surface area contributed by atoms with Crippen molar-refractivity contribution in [3.8, 4) is 0 Å². The van der Waals surface area contributed by atoms with E-state index >= 15 is 0 Å². The summed E-state index contributed by atoms with van der Waals surface area (Å²) in [4.78, 5) is 3.24. The van der Waals surface area contributed by atoms with E-state index in [0.29, 0.717) is 0 Å². The zero-order chi connectivity index (χ0) is 12.4. The Bertz CT molecular complexity index is 378. The van der Waals surface area contributed by atoms with Crippen LogP contribution in [0.4, 0.5) is 13.2 Å². The quantitative estimate of drug-likeness (QED) is 0.670. The minimum absolute atomic E-state index is 0.0309. The van der Waals surface area contributed by atoms with E-state index in [-0.39, 0.29) is 18.9 Å². The molecule has 0 aromatic rings. The van der Waals surface area contributed by atoms with Gasteiger partial charge in [-0.2, -0.15) is 21.6 Å². The summed E-state index contributed by atoms with van der Waals surface area (Å²) >= 11 is 0. The first-order valence-corrected chi connectivity index (χ1v) is 6.03. The highest BCUT2D eigenvalue weighted by Gasteiger charge is 2.40. The molecule has 1 aliphatic rings. The Labute approximate surface area is 90.0 Å². The molecule has 6 nitrogen and oxygen atoms in total. The number of hydrogen-bond acceptors (Lipinski definition) is 6. The molecule has 94 valence electrons. The number of guanidine groups is 1. The predicted octanol–water partition coefficient (Wildman–Crippen LogP) is -0.253. The van der Waals surface area contributed by atoms with Gasteiger partial charge in [0.05, 0.1) is 6.26 Å². The van der Waals surface area contributed by atoms with Crippen molar-refractivity contribution in [1.82, 2.24) is 10.8 Å². The highest BCUT2D eigenvalue weighted by Crippen LogP contribution is 2.26. The lowest BCUT2D eigenvalue weighted by Gasteiger charge is -2.23. The number of halogens is 3. The van der Waals surface area contributed by atoms with E-state index in [1.54, 1.807) is 0 Å². The van der Waals surface area contributed by atoms with Gasteiger partial charge in [0.25, 0.3) is 10.1 Å². The van der Waals surface area contributed by atoms with Gasteiger partial charge in [-0.15, -0.1) is 4.28 Å². The SMILES string of the molecule is CS(=O)(=O)ONC1=NC(C(F)(F)F)CCN1. The molecule has 1 heterocycles. The van der Waals surface area contributed by atoms with E-state index in [4.69, 9.17) is 0 Å². The molecule has 0 spiro atoms. The van der Waals surface area contributed by atoms with Crippen molar-refractivity contribution in [2.45, 2.75) is 18.6 Å². The Morgan fingerprint density at radius 1 is 1.56 bits per heavy atom. The number of rotatable bonds is 2. The fourth-order valence-electron chi connectivity index (χ4n) is 1.01. The Hall–Kier alpha value is -1.03. The maximum atomic E-state index is 12.3. The molecule has 0 fully saturated rings. The lowest BCUT2D eigenvalue weighted by atomic mass is 10.2. The maximum absolute atomic E-state index is 12.3. The molecule has 1 atom stereocenters. The normalized spacial score (nSPS) is 22.2. The van der Waals surface area contributed by atoms with E-state index in [0.717, 1.165) is 6.26 Å². The summed E-state index contributed by atoms with van der Waals surface area (Å²) in [5.41, 5.74) is 1.81. The summed E-state index contributed by atoms with van der Waals surface area (Å²) < 4.78 is 62.0. The van der Waals surface area contributed by atoms with E-state index < -0.39 is 22.3 Å². The molecule has 0 aromatic carbocycles. The Kier molecular flexibility index (Phi) is 3.63. The van der Waals surface area contributed by atoms with Gasteiger partial charge in [0.1, 0.15) is 0 Å². The van der Waals surface area contributed by atoms with Crippen molar-refractivity contribution in [2.24, 2.45) is 4.99 Å². The van der Waals surface area contributed by atoms with Crippen molar-refractivity contribution >= 4 is 16.1 Å². The number of nitrogens with one attached hydrogen (secondary N) is 2. The first-order valence-electron chi connectivity index (χ1n) is 4.21. The molecule has 0 amide bonds. The lowest BCUT2D eigenvalue weighted by Crippen LogP contribution is -2.46. The van der Waals surface area contributed by atoms with Crippen LogP contribution in [0.15, 0.2) is 4.99 Å². The van der Waals surface area contributed by atoms with Crippen LogP contribution in [0.1, 0.15) is 6.42 Å². The monoisotopic (exact) mass is 261 g/mol. The number of aliphatic imine (C=N–C) groups is 1. The Morgan fingerprint density at radius 2 is 2.19 bits per heavy atom. The number of alkyl halides is 3. The van der Waals surface area contributed by atoms with E-state index in [2.05, 4.69) is 14.6 Å². The van der Waals surface area contributed by atoms with Crippen molar-refractivity contribution in [1.29, 1.82) is 0 Å². The Morgan fingerprint density at radius 3 is 2.69 bits per heavy atom. The summed E-state index contributed by atoms with van der Waals surface area (Å²) in [5, 5.41) is 2.44. The van der Waals surface area contributed by atoms with Crippen LogP contribution in [-0.4, -0.2) is 39.4 Å². The molecule has 0 aromatic heterocycles. The van der Waals surface area contributed by atoms with Gasteiger partial charge in [-0.1, -0.05) is 0 Å². The van der Waals surface area contributed by atoms with Crippen LogP contribution in [0, 0.1) is 0 Å². The smallest absolute Gasteiger partial charge is 0.355 e. The summed E-state index contributed by atoms with van der Waals surface area (Å²) in [6, 6.07) is -1.85. The molecule has 2 N–H and O–H groups in total. The molecule has 0 aliphatic carbocycles. The minimum atomic E-state index is -4.44. The van der Waals surface area contributed by atoms with E-state index in [1.807, 2.05) is 5.48 Å². The van der Waals surface area contributed by atoms with Gasteiger partial charge in [0.2, 0.25) is 5.96 Å². The predicted molar refractivity (Wildman–Crippen MR) is 49.0 cm³/mol. The molecule has 10 heteroatoms. The third-order valence-electron chi connectivity index (χ3n) is 1.66. The first kappa shape index (κ1) is 13.0. The fourth-order valence-corrected chi connectivity index (χ4v) is 1.24. The Balaban J connectivity index is 2.64. The summed E-state index contributed by atoms with van der Waals surface area (Å²) in [5.74, 6) is -0.348. The van der Waals surface area contributed by atoms with Crippen LogP contribution in [0.25, 0.3) is 0 Å². The minimum Gasteiger partial charge on any atom is -0.355 e. The van der Waals surface area contributed by atoms with Crippen molar-refractivity contribution in [3.63, 3.8) is 0 Å². The largest absolute Gasteiger partial charge is 0.410 e. The first-order chi connectivity index (χ1) is 7.18. The maximum Gasteiger partial charge on any atom is 0.410 e. The highest BCUT2D eigenvalue weighted by atomic mass is 32.2. The second-order valence-corrected chi connectivity index (χ2v) is 4.72. The lowest BCUT2D eigenvalue weighted by molar-refractivity contribution is -0.148. The zero-order valence-electron chi connectivity index (χ0n) is 8.21. The molecule has 1 unspecified atom stereocenters. The standard InChI is InChI=1S/C6H10F3N3O3S/c1-16(13,14)15-12-5-10-3-2-4(11-5)6(7,8)9/h4H,2-3H2,1H3,(H2,10,11,12). The van der Waals surface area contributed by atoms with Crippen molar-refractivity contribution in [2.75, 3.05) is 12.8 Å². The van der Waals surface area contributed by atoms with Gasteiger partial charge in [0, 0.05) is 6.54 Å².